The minimum Gasteiger partial charge on any atom is -0.423 e. The maximum Gasteiger partial charge on any atom is 0.336 e. The lowest BCUT2D eigenvalue weighted by Gasteiger charge is -2.25. The molecule has 1 saturated heterocycles. The molecule has 4 heteroatoms. The molecule has 4 nitrogen and oxygen atoms in total. The summed E-state index contributed by atoms with van der Waals surface area (Å²) in [7, 11) is 2.10. The molecule has 0 unspecified atom stereocenters. The van der Waals surface area contributed by atoms with Crippen LogP contribution < -0.4 is 5.63 Å². The number of fused-ring (bicyclic) bond motifs is 1. The van der Waals surface area contributed by atoms with Crippen LogP contribution in [-0.4, -0.2) is 16.0 Å². The third kappa shape index (κ3) is 3.02. The van der Waals surface area contributed by atoms with Gasteiger partial charge in [0.25, 0.3) is 0 Å². The summed E-state index contributed by atoms with van der Waals surface area (Å²) in [6, 6.07) is 12.6. The van der Waals surface area contributed by atoms with E-state index in [-0.39, 0.29) is 5.63 Å². The van der Waals surface area contributed by atoms with E-state index >= 15 is 0 Å². The minimum atomic E-state index is -0.259. The molecule has 1 aliphatic heterocycles. The second-order valence-corrected chi connectivity index (χ2v) is 6.95. The van der Waals surface area contributed by atoms with Crippen molar-refractivity contribution in [1.82, 2.24) is 9.47 Å². The first-order valence-corrected chi connectivity index (χ1v) is 9.06. The molecule has 25 heavy (non-hydrogen) atoms. The first kappa shape index (κ1) is 16.2. The lowest BCUT2D eigenvalue weighted by atomic mass is 10.1. The van der Waals surface area contributed by atoms with Gasteiger partial charge < -0.3 is 8.98 Å². The third-order valence-corrected chi connectivity index (χ3v) is 5.37. The van der Waals surface area contributed by atoms with Crippen molar-refractivity contribution < 1.29 is 4.42 Å². The molecule has 1 atom stereocenters. The Bertz CT molecular complexity index is 954. The molecule has 1 aromatic carbocycles. The fourth-order valence-corrected chi connectivity index (χ4v) is 4.01. The van der Waals surface area contributed by atoms with Gasteiger partial charge in [0.1, 0.15) is 5.58 Å². The molecular formula is C21H24N2O2. The zero-order chi connectivity index (χ0) is 17.4. The molecule has 0 N–H and O–H groups in total. The highest BCUT2D eigenvalue weighted by Gasteiger charge is 2.28. The van der Waals surface area contributed by atoms with Crippen LogP contribution >= 0.6 is 0 Å². The zero-order valence-electron chi connectivity index (χ0n) is 14.9. The summed E-state index contributed by atoms with van der Waals surface area (Å²) >= 11 is 0. The van der Waals surface area contributed by atoms with Crippen LogP contribution in [0.1, 0.15) is 42.6 Å². The van der Waals surface area contributed by atoms with Gasteiger partial charge in [-0.3, -0.25) is 4.90 Å². The van der Waals surface area contributed by atoms with Crippen LogP contribution in [0.5, 0.6) is 0 Å². The van der Waals surface area contributed by atoms with Crippen LogP contribution in [0.25, 0.3) is 11.0 Å². The fraction of sp³-hybridized carbons (Fsp3) is 0.381. The average molecular weight is 336 g/mol. The first-order chi connectivity index (χ1) is 12.2. The molecule has 130 valence electrons. The van der Waals surface area contributed by atoms with Gasteiger partial charge in [0, 0.05) is 36.9 Å². The molecule has 0 aliphatic carbocycles. The van der Waals surface area contributed by atoms with Crippen molar-refractivity contribution in [1.29, 1.82) is 0 Å². The SMILES string of the molecule is CCc1ccc2c(CN3CCC[C@H]3c3cccn3C)cc(=O)oc2c1. The van der Waals surface area contributed by atoms with Gasteiger partial charge in [-0.1, -0.05) is 19.1 Å². The monoisotopic (exact) mass is 336 g/mol. The third-order valence-electron chi connectivity index (χ3n) is 5.37. The summed E-state index contributed by atoms with van der Waals surface area (Å²) in [5.41, 5.74) is 4.05. The highest BCUT2D eigenvalue weighted by molar-refractivity contribution is 5.80. The summed E-state index contributed by atoms with van der Waals surface area (Å²) in [5.74, 6) is 0. The molecule has 0 spiro atoms. The van der Waals surface area contributed by atoms with Crippen LogP contribution in [0, 0.1) is 0 Å². The smallest absolute Gasteiger partial charge is 0.336 e. The van der Waals surface area contributed by atoms with Gasteiger partial charge in [-0.05, 0) is 55.1 Å². The normalized spacial score (nSPS) is 18.2. The average Bonchev–Trinajstić information content (AvgIpc) is 3.22. The molecule has 0 saturated carbocycles. The lowest BCUT2D eigenvalue weighted by Crippen LogP contribution is -2.24. The quantitative estimate of drug-likeness (QED) is 0.675. The van der Waals surface area contributed by atoms with E-state index in [1.54, 1.807) is 6.07 Å². The topological polar surface area (TPSA) is 38.4 Å². The van der Waals surface area contributed by atoms with Gasteiger partial charge in [0.15, 0.2) is 0 Å². The Morgan fingerprint density at radius 2 is 2.12 bits per heavy atom. The Kier molecular flexibility index (Phi) is 4.22. The second-order valence-electron chi connectivity index (χ2n) is 6.95. The Balaban J connectivity index is 1.70. The molecule has 1 aliphatic rings. The van der Waals surface area contributed by atoms with E-state index in [9.17, 15) is 4.79 Å². The number of hydrogen-bond acceptors (Lipinski definition) is 3. The highest BCUT2D eigenvalue weighted by atomic mass is 16.4. The van der Waals surface area contributed by atoms with E-state index in [4.69, 9.17) is 4.42 Å². The molecule has 0 radical (unpaired) electrons. The van der Waals surface area contributed by atoms with E-state index in [2.05, 4.69) is 53.9 Å². The van der Waals surface area contributed by atoms with Gasteiger partial charge >= 0.3 is 5.63 Å². The van der Waals surface area contributed by atoms with Crippen LogP contribution in [-0.2, 0) is 20.0 Å². The number of hydrogen-bond donors (Lipinski definition) is 0. The molecule has 1 fully saturated rings. The summed E-state index contributed by atoms with van der Waals surface area (Å²) in [6.07, 6.45) is 5.39. The number of aromatic nitrogens is 1. The van der Waals surface area contributed by atoms with Crippen molar-refractivity contribution in [3.8, 4) is 0 Å². The molecule has 0 bridgehead atoms. The van der Waals surface area contributed by atoms with E-state index in [0.29, 0.717) is 11.6 Å². The van der Waals surface area contributed by atoms with E-state index in [1.807, 2.05) is 6.07 Å². The summed E-state index contributed by atoms with van der Waals surface area (Å²) in [4.78, 5) is 14.5. The van der Waals surface area contributed by atoms with E-state index < -0.39 is 0 Å². The van der Waals surface area contributed by atoms with E-state index in [1.165, 1.54) is 17.7 Å². The van der Waals surface area contributed by atoms with Crippen LogP contribution in [0.15, 0.2) is 51.8 Å². The second kappa shape index (κ2) is 6.52. The Labute approximate surface area is 147 Å². The standard InChI is InChI=1S/C21H24N2O2/c1-3-15-8-9-17-16(13-21(24)25-20(17)12-15)14-23-11-5-7-19(23)18-6-4-10-22(18)2/h4,6,8-10,12-13,19H,3,5,7,11,14H2,1-2H3/t19-/m0/s1. The maximum absolute atomic E-state index is 12.1. The predicted molar refractivity (Wildman–Crippen MR) is 99.7 cm³/mol. The van der Waals surface area contributed by atoms with Crippen molar-refractivity contribution in [2.75, 3.05) is 6.54 Å². The van der Waals surface area contributed by atoms with Gasteiger partial charge in [-0.15, -0.1) is 0 Å². The van der Waals surface area contributed by atoms with Crippen molar-refractivity contribution >= 4 is 11.0 Å². The summed E-state index contributed by atoms with van der Waals surface area (Å²) in [5, 5.41) is 1.05. The van der Waals surface area contributed by atoms with Gasteiger partial charge in [-0.25, -0.2) is 4.79 Å². The zero-order valence-corrected chi connectivity index (χ0v) is 14.9. The van der Waals surface area contributed by atoms with Gasteiger partial charge in [0.2, 0.25) is 0 Å². The van der Waals surface area contributed by atoms with Crippen molar-refractivity contribution in [3.63, 3.8) is 0 Å². The summed E-state index contributed by atoms with van der Waals surface area (Å²) in [6.45, 7) is 3.95. The van der Waals surface area contributed by atoms with Crippen LogP contribution in [0.4, 0.5) is 0 Å². The first-order valence-electron chi connectivity index (χ1n) is 9.06. The molecule has 4 rings (SSSR count). The van der Waals surface area contributed by atoms with Crippen molar-refractivity contribution in [2.24, 2.45) is 7.05 Å². The lowest BCUT2D eigenvalue weighted by molar-refractivity contribution is 0.241. The van der Waals surface area contributed by atoms with Crippen LogP contribution in [0.2, 0.25) is 0 Å². The number of likely N-dealkylation sites (tertiary alicyclic amines) is 1. The number of nitrogens with zero attached hydrogens (tertiary/aromatic N) is 2. The number of aryl methyl sites for hydroxylation is 2. The minimum absolute atomic E-state index is 0.259. The molecule has 3 heterocycles. The fourth-order valence-electron chi connectivity index (χ4n) is 4.01. The Morgan fingerprint density at radius 3 is 2.88 bits per heavy atom. The summed E-state index contributed by atoms with van der Waals surface area (Å²) < 4.78 is 7.65. The van der Waals surface area contributed by atoms with E-state index in [0.717, 1.165) is 36.9 Å². The Hall–Kier alpha value is -2.33. The van der Waals surface area contributed by atoms with Crippen molar-refractivity contribution in [3.05, 3.63) is 69.8 Å². The number of benzene rings is 1. The molecule has 3 aromatic rings. The maximum atomic E-state index is 12.1. The largest absolute Gasteiger partial charge is 0.423 e. The van der Waals surface area contributed by atoms with Crippen LogP contribution in [0.3, 0.4) is 0 Å². The molecule has 2 aromatic heterocycles. The predicted octanol–water partition coefficient (Wildman–Crippen LogP) is 4.03. The van der Waals surface area contributed by atoms with Crippen molar-refractivity contribution in [2.45, 2.75) is 38.8 Å². The van der Waals surface area contributed by atoms with Gasteiger partial charge in [-0.2, -0.15) is 0 Å². The van der Waals surface area contributed by atoms with Gasteiger partial charge in [0.05, 0.1) is 6.04 Å². The Morgan fingerprint density at radius 1 is 1.24 bits per heavy atom. The highest BCUT2D eigenvalue weighted by Crippen LogP contribution is 2.34. The number of rotatable bonds is 4. The molecule has 0 amide bonds. The molecular weight excluding hydrogens is 312 g/mol.